The van der Waals surface area contributed by atoms with Gasteiger partial charge in [0.25, 0.3) is 5.12 Å². The molecule has 0 N–H and O–H groups in total. The van der Waals surface area contributed by atoms with Crippen molar-refractivity contribution in [3.8, 4) is 0 Å². The second-order valence-electron chi connectivity index (χ2n) is 3.88. The van der Waals surface area contributed by atoms with Crippen molar-refractivity contribution in [2.24, 2.45) is 5.41 Å². The van der Waals surface area contributed by atoms with E-state index in [0.29, 0.717) is 12.2 Å². The average molecular weight is 188 g/mol. The molecule has 0 saturated heterocycles. The lowest BCUT2D eigenvalue weighted by atomic mass is 9.90. The van der Waals surface area contributed by atoms with Gasteiger partial charge in [0.05, 0.1) is 0 Å². The fraction of sp³-hybridized carbons (Fsp3) is 0.778. The van der Waals surface area contributed by atoms with Crippen molar-refractivity contribution in [1.82, 2.24) is 0 Å². The third-order valence-corrected chi connectivity index (χ3v) is 1.97. The summed E-state index contributed by atoms with van der Waals surface area (Å²) in [4.78, 5) is 22.2. The maximum absolute atomic E-state index is 11.2. The van der Waals surface area contributed by atoms with E-state index in [2.05, 4.69) is 0 Å². The molecule has 0 aliphatic carbocycles. The first-order valence-corrected chi connectivity index (χ1v) is 5.05. The van der Waals surface area contributed by atoms with Gasteiger partial charge in [-0.05, 0) is 11.2 Å². The maximum atomic E-state index is 11.2. The average Bonchev–Trinajstić information content (AvgIpc) is 1.84. The predicted octanol–water partition coefficient (Wildman–Crippen LogP) is 2.27. The molecule has 0 unspecified atom stereocenters. The van der Waals surface area contributed by atoms with Crippen molar-refractivity contribution >= 4 is 22.7 Å². The minimum atomic E-state index is -0.299. The molecule has 0 heterocycles. The van der Waals surface area contributed by atoms with E-state index in [1.807, 2.05) is 27.7 Å². The van der Waals surface area contributed by atoms with Crippen molar-refractivity contribution in [2.75, 3.05) is 5.75 Å². The van der Waals surface area contributed by atoms with Gasteiger partial charge in [0.15, 0.2) is 0 Å². The SMILES string of the molecule is CCSC(=O)C(=O)CC(C)(C)C. The highest BCUT2D eigenvalue weighted by atomic mass is 32.2. The first kappa shape index (κ1) is 11.7. The summed E-state index contributed by atoms with van der Waals surface area (Å²) in [6.45, 7) is 7.73. The molecule has 12 heavy (non-hydrogen) atoms. The van der Waals surface area contributed by atoms with E-state index in [1.165, 1.54) is 0 Å². The predicted molar refractivity (Wildman–Crippen MR) is 52.2 cm³/mol. The number of thioether (sulfide) groups is 1. The Balaban J connectivity index is 3.97. The first-order valence-electron chi connectivity index (χ1n) is 4.07. The van der Waals surface area contributed by atoms with Gasteiger partial charge in [-0.1, -0.05) is 39.5 Å². The highest BCUT2D eigenvalue weighted by molar-refractivity contribution is 8.15. The van der Waals surface area contributed by atoms with E-state index in [9.17, 15) is 9.59 Å². The molecule has 0 aromatic rings. The fourth-order valence-electron chi connectivity index (χ4n) is 0.765. The fourth-order valence-corrected chi connectivity index (χ4v) is 1.26. The van der Waals surface area contributed by atoms with Gasteiger partial charge in [0, 0.05) is 6.42 Å². The van der Waals surface area contributed by atoms with Crippen LogP contribution in [0.3, 0.4) is 0 Å². The monoisotopic (exact) mass is 188 g/mol. The molecule has 3 heteroatoms. The molecule has 0 saturated carbocycles. The number of rotatable bonds is 3. The second kappa shape index (κ2) is 4.65. The lowest BCUT2D eigenvalue weighted by molar-refractivity contribution is -0.132. The summed E-state index contributed by atoms with van der Waals surface area (Å²) in [7, 11) is 0. The molecule has 0 rings (SSSR count). The number of ketones is 1. The summed E-state index contributed by atoms with van der Waals surface area (Å²) in [5.41, 5.74) is -0.0823. The summed E-state index contributed by atoms with van der Waals surface area (Å²) in [6.07, 6.45) is 0.346. The van der Waals surface area contributed by atoms with Crippen LogP contribution in [0, 0.1) is 5.41 Å². The highest BCUT2D eigenvalue weighted by Crippen LogP contribution is 2.20. The van der Waals surface area contributed by atoms with Crippen LogP contribution < -0.4 is 0 Å². The molecule has 0 spiro atoms. The van der Waals surface area contributed by atoms with Gasteiger partial charge in [0.2, 0.25) is 5.78 Å². The summed E-state index contributed by atoms with van der Waals surface area (Å²) in [5, 5.41) is -0.299. The normalized spacial score (nSPS) is 11.3. The van der Waals surface area contributed by atoms with E-state index < -0.39 is 0 Å². The van der Waals surface area contributed by atoms with Crippen LogP contribution in [0.2, 0.25) is 0 Å². The molecular weight excluding hydrogens is 172 g/mol. The van der Waals surface area contributed by atoms with Crippen molar-refractivity contribution in [1.29, 1.82) is 0 Å². The largest absolute Gasteiger partial charge is 0.290 e. The van der Waals surface area contributed by atoms with E-state index in [0.717, 1.165) is 11.8 Å². The van der Waals surface area contributed by atoms with Gasteiger partial charge in [0.1, 0.15) is 0 Å². The third-order valence-electron chi connectivity index (χ3n) is 1.19. The zero-order chi connectivity index (χ0) is 9.78. The van der Waals surface area contributed by atoms with Gasteiger partial charge in [-0.15, -0.1) is 0 Å². The Kier molecular flexibility index (Phi) is 4.53. The van der Waals surface area contributed by atoms with Crippen LogP contribution in [0.4, 0.5) is 0 Å². The summed E-state index contributed by atoms with van der Waals surface area (Å²) in [6, 6.07) is 0. The number of Topliss-reactive ketones (excluding diaryl/α,β-unsaturated/α-hetero) is 1. The minimum absolute atomic E-state index is 0.0823. The Hall–Kier alpha value is -0.310. The molecule has 0 aromatic heterocycles. The van der Waals surface area contributed by atoms with Gasteiger partial charge in [-0.3, -0.25) is 9.59 Å². The minimum Gasteiger partial charge on any atom is -0.290 e. The molecule has 0 atom stereocenters. The molecule has 0 aliphatic heterocycles. The summed E-state index contributed by atoms with van der Waals surface area (Å²) in [5.74, 6) is 0.420. The van der Waals surface area contributed by atoms with Crippen molar-refractivity contribution in [2.45, 2.75) is 34.1 Å². The molecular formula is C9H16O2S. The van der Waals surface area contributed by atoms with Gasteiger partial charge in [-0.2, -0.15) is 0 Å². The van der Waals surface area contributed by atoms with Crippen LogP contribution in [0.5, 0.6) is 0 Å². The molecule has 0 bridgehead atoms. The molecule has 2 nitrogen and oxygen atoms in total. The number of hydrogen-bond acceptors (Lipinski definition) is 3. The van der Waals surface area contributed by atoms with Crippen molar-refractivity contribution < 1.29 is 9.59 Å². The van der Waals surface area contributed by atoms with Gasteiger partial charge in [-0.25, -0.2) is 0 Å². The number of carbonyl (C=O) groups excluding carboxylic acids is 2. The smallest absolute Gasteiger partial charge is 0.255 e. The van der Waals surface area contributed by atoms with Gasteiger partial charge >= 0.3 is 0 Å². The Bertz CT molecular complexity index is 179. The topological polar surface area (TPSA) is 34.1 Å². The van der Waals surface area contributed by atoms with E-state index in [4.69, 9.17) is 0 Å². The molecule has 70 valence electrons. The molecule has 0 amide bonds. The summed E-state index contributed by atoms with van der Waals surface area (Å²) < 4.78 is 0. The van der Waals surface area contributed by atoms with Crippen LogP contribution in [-0.2, 0) is 9.59 Å². The molecule has 0 fully saturated rings. The van der Waals surface area contributed by atoms with Crippen LogP contribution >= 0.6 is 11.8 Å². The van der Waals surface area contributed by atoms with E-state index in [-0.39, 0.29) is 16.3 Å². The number of hydrogen-bond donors (Lipinski definition) is 0. The zero-order valence-corrected chi connectivity index (χ0v) is 8.96. The molecule has 0 radical (unpaired) electrons. The van der Waals surface area contributed by atoms with Crippen LogP contribution in [0.15, 0.2) is 0 Å². The third kappa shape index (κ3) is 5.35. The van der Waals surface area contributed by atoms with E-state index in [1.54, 1.807) is 0 Å². The van der Waals surface area contributed by atoms with Gasteiger partial charge < -0.3 is 0 Å². The lowest BCUT2D eigenvalue weighted by Gasteiger charge is -2.15. The second-order valence-corrected chi connectivity index (χ2v) is 5.12. The van der Waals surface area contributed by atoms with Crippen LogP contribution in [-0.4, -0.2) is 16.7 Å². The van der Waals surface area contributed by atoms with Crippen molar-refractivity contribution in [3.05, 3.63) is 0 Å². The first-order chi connectivity index (χ1) is 5.37. The maximum Gasteiger partial charge on any atom is 0.255 e. The number of carbonyl (C=O) groups is 2. The Morgan fingerprint density at radius 2 is 1.75 bits per heavy atom. The van der Waals surface area contributed by atoms with Crippen LogP contribution in [0.1, 0.15) is 34.1 Å². The van der Waals surface area contributed by atoms with Crippen LogP contribution in [0.25, 0.3) is 0 Å². The lowest BCUT2D eigenvalue weighted by Crippen LogP contribution is -2.18. The van der Waals surface area contributed by atoms with Crippen molar-refractivity contribution in [3.63, 3.8) is 0 Å². The Morgan fingerprint density at radius 3 is 2.08 bits per heavy atom. The molecule has 0 aliphatic rings. The zero-order valence-electron chi connectivity index (χ0n) is 8.14. The standard InChI is InChI=1S/C9H16O2S/c1-5-12-8(11)7(10)6-9(2,3)4/h5-6H2,1-4H3. The van der Waals surface area contributed by atoms with E-state index >= 15 is 0 Å². The quantitative estimate of drug-likeness (QED) is 0.637. The summed E-state index contributed by atoms with van der Waals surface area (Å²) >= 11 is 1.09. The Morgan fingerprint density at radius 1 is 1.25 bits per heavy atom. The Labute approximate surface area is 78.1 Å². The molecule has 0 aromatic carbocycles. The highest BCUT2D eigenvalue weighted by Gasteiger charge is 2.21.